The fraction of sp³-hybridized carbons (Fsp3) is 0.0667. The number of nitrogens with one attached hydrogen (secondary N) is 1. The highest BCUT2D eigenvalue weighted by molar-refractivity contribution is 7.10. The molecule has 0 spiro atoms. The molecule has 0 fully saturated rings. The summed E-state index contributed by atoms with van der Waals surface area (Å²) in [6.07, 6.45) is 2.14. The lowest BCUT2D eigenvalue weighted by Crippen LogP contribution is -2.14. The largest absolute Gasteiger partial charge is 0.324 e. The Balaban J connectivity index is 1.83. The molecule has 0 unspecified atom stereocenters. The minimum atomic E-state index is -0.0133. The van der Waals surface area contributed by atoms with Crippen molar-refractivity contribution in [2.45, 2.75) is 6.42 Å². The number of carbonyl (C=O) groups is 1. The van der Waals surface area contributed by atoms with Gasteiger partial charge in [-0.25, -0.2) is 0 Å². The standard InChI is InChI=1S/C15H12N2OS/c18-14(10-12-6-3-9-19-12)17-13-7-1-4-11-5-2-8-16-15(11)13/h1-9H,10H2,(H,17,18). The lowest BCUT2D eigenvalue weighted by Gasteiger charge is -2.07. The summed E-state index contributed by atoms with van der Waals surface area (Å²) >= 11 is 1.59. The van der Waals surface area contributed by atoms with Crippen molar-refractivity contribution in [1.82, 2.24) is 4.98 Å². The van der Waals surface area contributed by atoms with Gasteiger partial charge in [0, 0.05) is 16.5 Å². The molecule has 1 N–H and O–H groups in total. The molecule has 0 aliphatic heterocycles. The first-order valence-electron chi connectivity index (χ1n) is 5.99. The van der Waals surface area contributed by atoms with Crippen molar-refractivity contribution in [3.05, 3.63) is 58.9 Å². The van der Waals surface area contributed by atoms with Crippen molar-refractivity contribution in [1.29, 1.82) is 0 Å². The van der Waals surface area contributed by atoms with E-state index in [2.05, 4.69) is 10.3 Å². The maximum Gasteiger partial charge on any atom is 0.229 e. The Morgan fingerprint density at radius 1 is 1.16 bits per heavy atom. The number of fused-ring (bicyclic) bond motifs is 1. The smallest absolute Gasteiger partial charge is 0.229 e. The van der Waals surface area contributed by atoms with Crippen molar-refractivity contribution in [2.24, 2.45) is 0 Å². The highest BCUT2D eigenvalue weighted by atomic mass is 32.1. The maximum absolute atomic E-state index is 12.0. The minimum Gasteiger partial charge on any atom is -0.324 e. The van der Waals surface area contributed by atoms with Crippen LogP contribution >= 0.6 is 11.3 Å². The first-order chi connectivity index (χ1) is 9.33. The van der Waals surface area contributed by atoms with Crippen molar-refractivity contribution in [3.8, 4) is 0 Å². The monoisotopic (exact) mass is 268 g/mol. The second kappa shape index (κ2) is 5.20. The fourth-order valence-electron chi connectivity index (χ4n) is 1.97. The van der Waals surface area contributed by atoms with Gasteiger partial charge in [0.15, 0.2) is 0 Å². The summed E-state index contributed by atoms with van der Waals surface area (Å²) in [5.41, 5.74) is 1.59. The molecule has 3 nitrogen and oxygen atoms in total. The first kappa shape index (κ1) is 11.9. The zero-order chi connectivity index (χ0) is 13.1. The molecule has 0 aliphatic rings. The summed E-state index contributed by atoms with van der Waals surface area (Å²) in [7, 11) is 0. The lowest BCUT2D eigenvalue weighted by molar-refractivity contribution is -0.115. The zero-order valence-corrected chi connectivity index (χ0v) is 11.0. The van der Waals surface area contributed by atoms with Crippen LogP contribution < -0.4 is 5.32 Å². The van der Waals surface area contributed by atoms with E-state index in [1.54, 1.807) is 17.5 Å². The topological polar surface area (TPSA) is 42.0 Å². The summed E-state index contributed by atoms with van der Waals surface area (Å²) in [6, 6.07) is 13.6. The molecule has 0 aliphatic carbocycles. The molecule has 1 aromatic carbocycles. The predicted octanol–water partition coefficient (Wildman–Crippen LogP) is 3.48. The number of anilines is 1. The Morgan fingerprint density at radius 3 is 2.89 bits per heavy atom. The molecule has 2 aromatic heterocycles. The van der Waals surface area contributed by atoms with E-state index in [1.165, 1.54) is 0 Å². The van der Waals surface area contributed by atoms with Crippen molar-refractivity contribution in [3.63, 3.8) is 0 Å². The number of para-hydroxylation sites is 1. The number of aromatic nitrogens is 1. The summed E-state index contributed by atoms with van der Waals surface area (Å²) in [5.74, 6) is -0.0133. The van der Waals surface area contributed by atoms with E-state index in [4.69, 9.17) is 0 Å². The van der Waals surface area contributed by atoms with E-state index in [0.29, 0.717) is 6.42 Å². The van der Waals surface area contributed by atoms with Crippen molar-refractivity contribution >= 4 is 33.8 Å². The fourth-order valence-corrected chi connectivity index (χ4v) is 2.67. The zero-order valence-electron chi connectivity index (χ0n) is 10.2. The third-order valence-electron chi connectivity index (χ3n) is 2.82. The molecule has 3 aromatic rings. The van der Waals surface area contributed by atoms with E-state index < -0.39 is 0 Å². The number of benzene rings is 1. The maximum atomic E-state index is 12.0. The number of pyridine rings is 1. The Hall–Kier alpha value is -2.20. The third kappa shape index (κ3) is 2.63. The van der Waals surface area contributed by atoms with E-state index in [9.17, 15) is 4.79 Å². The van der Waals surface area contributed by atoms with Gasteiger partial charge in [-0.1, -0.05) is 24.3 Å². The summed E-state index contributed by atoms with van der Waals surface area (Å²) in [6.45, 7) is 0. The number of nitrogens with zero attached hydrogens (tertiary/aromatic N) is 1. The predicted molar refractivity (Wildman–Crippen MR) is 78.4 cm³/mol. The number of hydrogen-bond acceptors (Lipinski definition) is 3. The van der Waals surface area contributed by atoms with Crippen LogP contribution in [-0.2, 0) is 11.2 Å². The highest BCUT2D eigenvalue weighted by Gasteiger charge is 2.07. The van der Waals surface area contributed by atoms with Crippen LogP contribution in [0, 0.1) is 0 Å². The van der Waals surface area contributed by atoms with Crippen LogP contribution in [0.25, 0.3) is 10.9 Å². The molecule has 0 atom stereocenters. The number of rotatable bonds is 3. The average molecular weight is 268 g/mol. The second-order valence-corrected chi connectivity index (χ2v) is 5.22. The Morgan fingerprint density at radius 2 is 2.05 bits per heavy atom. The van der Waals surface area contributed by atoms with E-state index in [0.717, 1.165) is 21.5 Å². The molecule has 19 heavy (non-hydrogen) atoms. The van der Waals surface area contributed by atoms with E-state index in [-0.39, 0.29) is 5.91 Å². The second-order valence-electron chi connectivity index (χ2n) is 4.19. The Kier molecular flexibility index (Phi) is 3.25. The van der Waals surface area contributed by atoms with E-state index in [1.807, 2.05) is 47.8 Å². The first-order valence-corrected chi connectivity index (χ1v) is 6.87. The van der Waals surface area contributed by atoms with Crippen LogP contribution in [0.5, 0.6) is 0 Å². The molecular weight excluding hydrogens is 256 g/mol. The Labute approximate surface area is 114 Å². The molecular formula is C15H12N2OS. The molecule has 4 heteroatoms. The molecule has 0 radical (unpaired) electrons. The average Bonchev–Trinajstić information content (AvgIpc) is 2.92. The molecule has 0 bridgehead atoms. The van der Waals surface area contributed by atoms with Gasteiger partial charge in [-0.15, -0.1) is 11.3 Å². The number of carbonyl (C=O) groups excluding carboxylic acids is 1. The van der Waals surface area contributed by atoms with Crippen molar-refractivity contribution in [2.75, 3.05) is 5.32 Å². The van der Waals surface area contributed by atoms with Gasteiger partial charge in [0.05, 0.1) is 17.6 Å². The van der Waals surface area contributed by atoms with Gasteiger partial charge in [-0.3, -0.25) is 9.78 Å². The highest BCUT2D eigenvalue weighted by Crippen LogP contribution is 2.21. The molecule has 3 rings (SSSR count). The molecule has 0 saturated heterocycles. The lowest BCUT2D eigenvalue weighted by atomic mass is 10.2. The van der Waals surface area contributed by atoms with Crippen LogP contribution in [0.4, 0.5) is 5.69 Å². The molecule has 0 saturated carbocycles. The quantitative estimate of drug-likeness (QED) is 0.790. The number of amides is 1. The van der Waals surface area contributed by atoms with Gasteiger partial charge < -0.3 is 5.32 Å². The molecule has 94 valence electrons. The SMILES string of the molecule is O=C(Cc1cccs1)Nc1cccc2cccnc12. The van der Waals surface area contributed by atoms with Crippen LogP contribution in [-0.4, -0.2) is 10.9 Å². The van der Waals surface area contributed by atoms with Crippen molar-refractivity contribution < 1.29 is 4.79 Å². The summed E-state index contributed by atoms with van der Waals surface area (Å²) in [4.78, 5) is 17.4. The third-order valence-corrected chi connectivity index (χ3v) is 3.70. The van der Waals surface area contributed by atoms with Crippen LogP contribution in [0.1, 0.15) is 4.88 Å². The van der Waals surface area contributed by atoms with Crippen LogP contribution in [0.2, 0.25) is 0 Å². The van der Waals surface area contributed by atoms with Gasteiger partial charge in [-0.05, 0) is 23.6 Å². The van der Waals surface area contributed by atoms with Crippen LogP contribution in [0.3, 0.4) is 0 Å². The summed E-state index contributed by atoms with van der Waals surface area (Å²) in [5, 5.41) is 5.93. The molecule has 1 amide bonds. The van der Waals surface area contributed by atoms with E-state index >= 15 is 0 Å². The number of hydrogen-bond donors (Lipinski definition) is 1. The normalized spacial score (nSPS) is 10.5. The minimum absolute atomic E-state index is 0.0133. The Bertz CT molecular complexity index is 702. The summed E-state index contributed by atoms with van der Waals surface area (Å²) < 4.78 is 0. The van der Waals surface area contributed by atoms with Gasteiger partial charge in [0.25, 0.3) is 0 Å². The van der Waals surface area contributed by atoms with Gasteiger partial charge >= 0.3 is 0 Å². The van der Waals surface area contributed by atoms with Crippen LogP contribution in [0.15, 0.2) is 54.0 Å². The van der Waals surface area contributed by atoms with Gasteiger partial charge in [0.1, 0.15) is 0 Å². The number of thiophene rings is 1. The van der Waals surface area contributed by atoms with Gasteiger partial charge in [-0.2, -0.15) is 0 Å². The molecule has 2 heterocycles. The van der Waals surface area contributed by atoms with Gasteiger partial charge in [0.2, 0.25) is 5.91 Å².